The van der Waals surface area contributed by atoms with E-state index in [2.05, 4.69) is 21.3 Å². The molecule has 0 unspecified atom stereocenters. The Morgan fingerprint density at radius 1 is 0.554 bits per heavy atom. The predicted octanol–water partition coefficient (Wildman–Crippen LogP) is 4.93. The van der Waals surface area contributed by atoms with Gasteiger partial charge in [0.05, 0.1) is 14.2 Å². The molecule has 0 bridgehead atoms. The number of nitrogens with one attached hydrogen (secondary N) is 4. The number of rotatable bonds is 16. The first kappa shape index (κ1) is 42.2. The van der Waals surface area contributed by atoms with Crippen LogP contribution in [0.25, 0.3) is 11.1 Å². The van der Waals surface area contributed by atoms with Crippen LogP contribution in [0.4, 0.5) is 0 Å². The second-order valence-electron chi connectivity index (χ2n) is 13.6. The fourth-order valence-corrected chi connectivity index (χ4v) is 5.99. The third-order valence-electron chi connectivity index (χ3n) is 9.00. The van der Waals surface area contributed by atoms with Crippen LogP contribution in [0.3, 0.4) is 0 Å². The van der Waals surface area contributed by atoms with Crippen molar-refractivity contribution in [1.82, 2.24) is 21.3 Å². The number of carbonyl (C=O) groups is 6. The fourth-order valence-electron chi connectivity index (χ4n) is 5.99. The Labute approximate surface area is 327 Å². The molecule has 0 aromatic heterocycles. The van der Waals surface area contributed by atoms with Crippen LogP contribution in [-0.4, -0.2) is 67.9 Å². The summed E-state index contributed by atoms with van der Waals surface area (Å²) in [6.45, 7) is 6.86. The van der Waals surface area contributed by atoms with Crippen molar-refractivity contribution in [3.63, 3.8) is 0 Å². The molecule has 0 aliphatic carbocycles. The maximum atomic E-state index is 14.2. The van der Waals surface area contributed by atoms with Crippen LogP contribution in [-0.2, 0) is 41.5 Å². The first-order valence-electron chi connectivity index (χ1n) is 18.2. The van der Waals surface area contributed by atoms with Crippen LogP contribution in [0.5, 0.6) is 0 Å². The zero-order valence-corrected chi connectivity index (χ0v) is 32.4. The van der Waals surface area contributed by atoms with E-state index in [-0.39, 0.29) is 35.6 Å². The molecule has 56 heavy (non-hydrogen) atoms. The standard InChI is InChI=1S/C44H48N4O8/c1-27(2)37(43(53)55-5)47-41(51)35(25-29-17-9-7-10-18-29)45-39(49)33-23-15-13-21-31(33)32-22-14-16-24-34(32)40(50)46-36(26-30-19-11-8-12-20-30)42(52)48-38(28(3)4)44(54)56-6/h7-24,27,35-37H,25-26H2,1-6H3,(H,45,49)(H,46,50)(H,47,51)(H,48,52)/t35-,36-,37-/m0/s1. The van der Waals surface area contributed by atoms with Crippen LogP contribution in [0, 0.1) is 5.92 Å². The van der Waals surface area contributed by atoms with Crippen LogP contribution < -0.4 is 21.3 Å². The number of hydrogen-bond donors (Lipinski definition) is 4. The van der Waals surface area contributed by atoms with Crippen molar-refractivity contribution in [3.05, 3.63) is 143 Å². The molecule has 12 heteroatoms. The van der Waals surface area contributed by atoms with Crippen molar-refractivity contribution in [1.29, 1.82) is 0 Å². The molecule has 3 atom stereocenters. The molecule has 0 fully saturated rings. The van der Waals surface area contributed by atoms with E-state index in [4.69, 9.17) is 9.47 Å². The van der Waals surface area contributed by atoms with E-state index < -0.39 is 53.7 Å². The van der Waals surface area contributed by atoms with Crippen LogP contribution in [0.1, 0.15) is 59.5 Å². The third-order valence-corrected chi connectivity index (χ3v) is 9.00. The summed E-state index contributed by atoms with van der Waals surface area (Å²) in [5, 5.41) is 11.1. The summed E-state index contributed by atoms with van der Waals surface area (Å²) in [4.78, 5) is 80.8. The lowest BCUT2D eigenvalue weighted by Crippen LogP contribution is -2.54. The number of benzene rings is 4. The maximum Gasteiger partial charge on any atom is 0.354 e. The summed E-state index contributed by atoms with van der Waals surface area (Å²) < 4.78 is 9.76. The molecule has 0 radical (unpaired) electrons. The van der Waals surface area contributed by atoms with E-state index in [9.17, 15) is 28.8 Å². The lowest BCUT2D eigenvalue weighted by molar-refractivity contribution is -0.146. The minimum absolute atomic E-state index is 0.0329. The van der Waals surface area contributed by atoms with Gasteiger partial charge >= 0.3 is 11.9 Å². The summed E-state index contributed by atoms with van der Waals surface area (Å²) in [5.74, 6) is -4.02. The summed E-state index contributed by atoms with van der Waals surface area (Å²) in [6, 6.07) is 28.4. The van der Waals surface area contributed by atoms with Gasteiger partial charge in [0.25, 0.3) is 11.8 Å². The Morgan fingerprint density at radius 2 is 0.982 bits per heavy atom. The van der Waals surface area contributed by atoms with E-state index in [0.29, 0.717) is 16.7 Å². The summed E-state index contributed by atoms with van der Waals surface area (Å²) in [6.07, 6.45) is 0.232. The Kier molecular flexibility index (Phi) is 15.2. The molecule has 0 aliphatic heterocycles. The molecule has 12 nitrogen and oxygen atoms in total. The highest BCUT2D eigenvalue weighted by atomic mass is 16.5. The van der Waals surface area contributed by atoms with Crippen molar-refractivity contribution < 1.29 is 38.2 Å². The number of methoxy groups -OCH3 is 2. The van der Waals surface area contributed by atoms with Gasteiger partial charge in [0.15, 0.2) is 0 Å². The normalized spacial score (nSPS) is 12.3. The highest BCUT2D eigenvalue weighted by Gasteiger charge is 2.31. The van der Waals surface area contributed by atoms with E-state index in [1.165, 1.54) is 14.2 Å². The number of ether oxygens (including phenoxy) is 2. The molecule has 0 spiro atoms. The van der Waals surface area contributed by atoms with E-state index in [1.807, 2.05) is 60.7 Å². The molecule has 292 valence electrons. The van der Waals surface area contributed by atoms with Gasteiger partial charge in [0.1, 0.15) is 23.8 Å². The second-order valence-corrected chi connectivity index (χ2v) is 13.6. The zero-order valence-electron chi connectivity index (χ0n) is 32.4. The molecule has 4 rings (SSSR count). The molecular formula is C44H48N4O8. The summed E-state index contributed by atoms with van der Waals surface area (Å²) in [5.41, 5.74) is 3.16. The number of esters is 2. The van der Waals surface area contributed by atoms with Crippen LogP contribution in [0.15, 0.2) is 120 Å². The van der Waals surface area contributed by atoms with Crippen molar-refractivity contribution >= 4 is 35.6 Å². The van der Waals surface area contributed by atoms with Crippen molar-refractivity contribution in [2.75, 3.05) is 14.2 Å². The quantitative estimate of drug-likeness (QED) is 0.0921. The average Bonchev–Trinajstić information content (AvgIpc) is 3.21. The highest BCUT2D eigenvalue weighted by Crippen LogP contribution is 2.28. The smallest absolute Gasteiger partial charge is 0.354 e. The second kappa shape index (κ2) is 20.2. The molecule has 4 amide bonds. The van der Waals surface area contributed by atoms with E-state index >= 15 is 0 Å². The van der Waals surface area contributed by atoms with Gasteiger partial charge in [0, 0.05) is 24.0 Å². The summed E-state index contributed by atoms with van der Waals surface area (Å²) >= 11 is 0. The Bertz CT molecular complexity index is 2060. The molecule has 0 heterocycles. The van der Waals surface area contributed by atoms with Crippen molar-refractivity contribution in [2.24, 2.45) is 5.92 Å². The number of amides is 4. The van der Waals surface area contributed by atoms with Gasteiger partial charge in [-0.1, -0.05) is 111 Å². The minimum Gasteiger partial charge on any atom is -0.467 e. The fraction of sp³-hybridized carbons (Fsp3) is 0.273. The average molecular weight is 761 g/mol. The van der Waals surface area contributed by atoms with Gasteiger partial charge in [-0.2, -0.15) is 0 Å². The van der Waals surface area contributed by atoms with Gasteiger partial charge in [-0.25, -0.2) is 9.59 Å². The molecule has 0 aliphatic rings. The molecule has 4 N–H and O–H groups in total. The van der Waals surface area contributed by atoms with Gasteiger partial charge in [0.2, 0.25) is 11.8 Å². The first-order valence-corrected chi connectivity index (χ1v) is 18.2. The van der Waals surface area contributed by atoms with Crippen molar-refractivity contribution in [3.8, 4) is 11.1 Å². The largest absolute Gasteiger partial charge is 0.467 e. The van der Waals surface area contributed by atoms with Crippen LogP contribution in [0.2, 0.25) is 0 Å². The molecular weight excluding hydrogens is 713 g/mol. The van der Waals surface area contributed by atoms with Crippen molar-refractivity contribution in [2.45, 2.75) is 58.7 Å². The first-order chi connectivity index (χ1) is 26.8. The zero-order chi connectivity index (χ0) is 40.8. The van der Waals surface area contributed by atoms with Gasteiger partial charge in [-0.15, -0.1) is 0 Å². The number of hydrogen-bond acceptors (Lipinski definition) is 8. The van der Waals surface area contributed by atoms with Gasteiger partial charge in [-0.3, -0.25) is 19.2 Å². The molecule has 0 saturated carbocycles. The third kappa shape index (κ3) is 11.2. The lowest BCUT2D eigenvalue weighted by Gasteiger charge is -2.25. The molecule has 0 saturated heterocycles. The lowest BCUT2D eigenvalue weighted by atomic mass is 9.93. The molecule has 4 aromatic carbocycles. The number of allylic oxidation sites excluding steroid dienone is 1. The highest BCUT2D eigenvalue weighted by molar-refractivity contribution is 6.08. The van der Waals surface area contributed by atoms with Crippen LogP contribution >= 0.6 is 0 Å². The molecule has 4 aromatic rings. The Morgan fingerprint density at radius 3 is 1.39 bits per heavy atom. The minimum atomic E-state index is -1.12. The Balaban J connectivity index is 1.67. The predicted molar refractivity (Wildman–Crippen MR) is 212 cm³/mol. The Hall–Kier alpha value is -6.56. The maximum absolute atomic E-state index is 14.2. The monoisotopic (exact) mass is 760 g/mol. The van der Waals surface area contributed by atoms with E-state index in [0.717, 1.165) is 11.1 Å². The number of carbonyl (C=O) groups excluding carboxylic acids is 6. The SMILES string of the molecule is COC(=O)C(NC(=O)[C@H](Cc1ccccc1)NC(=O)c1ccccc1-c1ccccc1C(=O)N[C@@H](Cc1ccccc1)C(=O)N[C@H](C(=O)OC)C(C)C)=C(C)C. The van der Waals surface area contributed by atoms with Gasteiger partial charge in [-0.05, 0) is 59.7 Å². The van der Waals surface area contributed by atoms with Gasteiger partial charge < -0.3 is 30.7 Å². The topological polar surface area (TPSA) is 169 Å². The summed E-state index contributed by atoms with van der Waals surface area (Å²) in [7, 11) is 2.45. The van der Waals surface area contributed by atoms with E-state index in [1.54, 1.807) is 76.2 Å².